The first-order valence-corrected chi connectivity index (χ1v) is 32.0. The Morgan fingerprint density at radius 2 is 0.594 bits per heavy atom. The number of carbonyl (C=O) groups excluding carboxylic acids is 1. The normalized spacial score (nSPS) is 12.8. The third-order valence-corrected chi connectivity index (χ3v) is 15.2. The van der Waals surface area contributed by atoms with Crippen molar-refractivity contribution in [2.75, 3.05) is 6.61 Å². The van der Waals surface area contributed by atoms with E-state index in [0.29, 0.717) is 12.8 Å². The Morgan fingerprint density at radius 3 is 0.870 bits per heavy atom. The lowest BCUT2D eigenvalue weighted by atomic mass is 10.0. The van der Waals surface area contributed by atoms with Gasteiger partial charge in [0.2, 0.25) is 5.91 Å². The van der Waals surface area contributed by atoms with Crippen LogP contribution in [0.1, 0.15) is 367 Å². The summed E-state index contributed by atoms with van der Waals surface area (Å²) >= 11 is 0. The molecular formula is C65H127NO3. The maximum Gasteiger partial charge on any atom is 0.220 e. The van der Waals surface area contributed by atoms with Gasteiger partial charge in [-0.25, -0.2) is 0 Å². The van der Waals surface area contributed by atoms with E-state index in [1.54, 1.807) is 0 Å². The third kappa shape index (κ3) is 57.6. The van der Waals surface area contributed by atoms with Gasteiger partial charge in [-0.05, 0) is 44.9 Å². The van der Waals surface area contributed by atoms with Gasteiger partial charge >= 0.3 is 0 Å². The molecule has 0 heterocycles. The van der Waals surface area contributed by atoms with E-state index in [-0.39, 0.29) is 12.5 Å². The molecule has 0 radical (unpaired) electrons. The summed E-state index contributed by atoms with van der Waals surface area (Å²) < 4.78 is 0. The Balaban J connectivity index is 3.40. The van der Waals surface area contributed by atoms with Gasteiger partial charge in [-0.2, -0.15) is 0 Å². The van der Waals surface area contributed by atoms with Crippen LogP contribution < -0.4 is 5.32 Å². The predicted octanol–water partition coefficient (Wildman–Crippen LogP) is 21.4. The highest BCUT2D eigenvalue weighted by Crippen LogP contribution is 2.19. The molecule has 0 aromatic heterocycles. The van der Waals surface area contributed by atoms with E-state index in [9.17, 15) is 15.0 Å². The number of aliphatic hydroxyl groups excluding tert-OH is 2. The summed E-state index contributed by atoms with van der Waals surface area (Å²) in [7, 11) is 0. The van der Waals surface area contributed by atoms with Crippen molar-refractivity contribution in [3.63, 3.8) is 0 Å². The smallest absolute Gasteiger partial charge is 0.220 e. The van der Waals surface area contributed by atoms with E-state index < -0.39 is 12.1 Å². The molecule has 0 aromatic carbocycles. The second kappa shape index (κ2) is 61.2. The van der Waals surface area contributed by atoms with Crippen LogP contribution in [0.2, 0.25) is 0 Å². The van der Waals surface area contributed by atoms with Crippen molar-refractivity contribution in [1.82, 2.24) is 5.32 Å². The van der Waals surface area contributed by atoms with Gasteiger partial charge in [0.05, 0.1) is 18.8 Å². The largest absolute Gasteiger partial charge is 0.394 e. The number of allylic oxidation sites excluding steroid dienone is 4. The first kappa shape index (κ1) is 67.9. The minimum Gasteiger partial charge on any atom is -0.394 e. The molecule has 69 heavy (non-hydrogen) atoms. The second-order valence-corrected chi connectivity index (χ2v) is 22.2. The number of amides is 1. The third-order valence-electron chi connectivity index (χ3n) is 15.2. The molecule has 4 heteroatoms. The quantitative estimate of drug-likeness (QED) is 0.0420. The highest BCUT2D eigenvalue weighted by Gasteiger charge is 2.20. The fourth-order valence-electron chi connectivity index (χ4n) is 10.3. The van der Waals surface area contributed by atoms with E-state index >= 15 is 0 Å². The minimum absolute atomic E-state index is 0.0238. The van der Waals surface area contributed by atoms with Crippen LogP contribution in [0.25, 0.3) is 0 Å². The van der Waals surface area contributed by atoms with Gasteiger partial charge in [0.25, 0.3) is 0 Å². The Labute approximate surface area is 434 Å². The van der Waals surface area contributed by atoms with E-state index in [0.717, 1.165) is 32.1 Å². The maximum absolute atomic E-state index is 12.5. The summed E-state index contributed by atoms with van der Waals surface area (Å²) in [5.74, 6) is -0.0238. The SMILES string of the molecule is CCCCCCCCCCC/C=C\C/C=C\CCCCCCCCCCCCCCCCCCCC(=O)NC(CO)C(O)CCCCCCCCCCCCCCCCCCCCCCCCCC. The van der Waals surface area contributed by atoms with Crippen LogP contribution in [-0.4, -0.2) is 34.9 Å². The number of hydrogen-bond acceptors (Lipinski definition) is 3. The maximum atomic E-state index is 12.5. The number of carbonyl (C=O) groups is 1. The number of rotatable bonds is 60. The number of hydrogen-bond donors (Lipinski definition) is 3. The second-order valence-electron chi connectivity index (χ2n) is 22.2. The lowest BCUT2D eigenvalue weighted by molar-refractivity contribution is -0.123. The zero-order chi connectivity index (χ0) is 49.9. The van der Waals surface area contributed by atoms with Crippen molar-refractivity contribution >= 4 is 5.91 Å². The lowest BCUT2D eigenvalue weighted by Gasteiger charge is -2.22. The zero-order valence-corrected chi connectivity index (χ0v) is 47.4. The van der Waals surface area contributed by atoms with E-state index in [1.807, 2.05) is 0 Å². The first-order chi connectivity index (χ1) is 34.2. The molecule has 0 aromatic rings. The Bertz CT molecular complexity index is 1010. The fraction of sp³-hybridized carbons (Fsp3) is 0.923. The fourth-order valence-corrected chi connectivity index (χ4v) is 10.3. The molecule has 0 rings (SSSR count). The first-order valence-electron chi connectivity index (χ1n) is 32.0. The Kier molecular flexibility index (Phi) is 60.2. The molecule has 0 saturated heterocycles. The molecular weight excluding hydrogens is 843 g/mol. The summed E-state index contributed by atoms with van der Waals surface area (Å²) in [4.78, 5) is 12.5. The van der Waals surface area contributed by atoms with Crippen molar-refractivity contribution in [2.45, 2.75) is 379 Å². The van der Waals surface area contributed by atoms with Gasteiger partial charge in [0, 0.05) is 6.42 Å². The van der Waals surface area contributed by atoms with Crippen molar-refractivity contribution in [3.05, 3.63) is 24.3 Å². The molecule has 2 atom stereocenters. The molecule has 0 aliphatic rings. The van der Waals surface area contributed by atoms with Crippen LogP contribution in [0, 0.1) is 0 Å². The van der Waals surface area contributed by atoms with Crippen LogP contribution in [0.4, 0.5) is 0 Å². The van der Waals surface area contributed by atoms with Crippen molar-refractivity contribution in [1.29, 1.82) is 0 Å². The van der Waals surface area contributed by atoms with Gasteiger partial charge in [-0.1, -0.05) is 340 Å². The molecule has 2 unspecified atom stereocenters. The van der Waals surface area contributed by atoms with Crippen molar-refractivity contribution in [3.8, 4) is 0 Å². The topological polar surface area (TPSA) is 69.6 Å². The molecule has 0 saturated carbocycles. The van der Waals surface area contributed by atoms with Crippen LogP contribution >= 0.6 is 0 Å². The standard InChI is InChI=1S/C65H127NO3/c1-3-5-7-9-11-13-15-17-19-21-23-25-27-29-30-31-32-33-34-35-36-37-39-41-43-45-47-49-51-53-55-57-59-61-65(69)66-63(62-67)64(68)60-58-56-54-52-50-48-46-44-42-40-38-28-26-24-22-20-18-16-14-12-10-8-6-4-2/h23,25,29-30,63-64,67-68H,3-22,24,26-28,31-62H2,1-2H3,(H,66,69)/b25-23-,30-29-. The Morgan fingerprint density at radius 1 is 0.348 bits per heavy atom. The average Bonchev–Trinajstić information content (AvgIpc) is 3.35. The van der Waals surface area contributed by atoms with Crippen LogP contribution in [0.15, 0.2) is 24.3 Å². The molecule has 4 nitrogen and oxygen atoms in total. The van der Waals surface area contributed by atoms with Gasteiger partial charge < -0.3 is 15.5 Å². The minimum atomic E-state index is -0.659. The van der Waals surface area contributed by atoms with Crippen molar-refractivity contribution in [2.24, 2.45) is 0 Å². The highest BCUT2D eigenvalue weighted by atomic mass is 16.3. The summed E-state index contributed by atoms with van der Waals surface area (Å²) in [6.07, 6.45) is 82.0. The summed E-state index contributed by atoms with van der Waals surface area (Å²) in [5.41, 5.74) is 0. The van der Waals surface area contributed by atoms with E-state index in [1.165, 1.54) is 308 Å². The zero-order valence-electron chi connectivity index (χ0n) is 47.4. The Hall–Kier alpha value is -1.13. The molecule has 3 N–H and O–H groups in total. The van der Waals surface area contributed by atoms with Crippen LogP contribution in [-0.2, 0) is 4.79 Å². The molecule has 0 fully saturated rings. The predicted molar refractivity (Wildman–Crippen MR) is 309 cm³/mol. The molecule has 0 aliphatic carbocycles. The van der Waals surface area contributed by atoms with Gasteiger partial charge in [-0.15, -0.1) is 0 Å². The highest BCUT2D eigenvalue weighted by molar-refractivity contribution is 5.76. The van der Waals surface area contributed by atoms with Crippen molar-refractivity contribution < 1.29 is 15.0 Å². The number of aliphatic hydroxyl groups is 2. The molecule has 0 bridgehead atoms. The van der Waals surface area contributed by atoms with Gasteiger partial charge in [0.1, 0.15) is 0 Å². The molecule has 0 spiro atoms. The van der Waals surface area contributed by atoms with Gasteiger partial charge in [0.15, 0.2) is 0 Å². The molecule has 1 amide bonds. The average molecular weight is 971 g/mol. The lowest BCUT2D eigenvalue weighted by Crippen LogP contribution is -2.45. The summed E-state index contributed by atoms with van der Waals surface area (Å²) in [5, 5.41) is 23.4. The van der Waals surface area contributed by atoms with E-state index in [4.69, 9.17) is 0 Å². The molecule has 0 aliphatic heterocycles. The van der Waals surface area contributed by atoms with Gasteiger partial charge in [-0.3, -0.25) is 4.79 Å². The van der Waals surface area contributed by atoms with Crippen LogP contribution in [0.3, 0.4) is 0 Å². The number of unbranched alkanes of at least 4 members (excludes halogenated alkanes) is 49. The van der Waals surface area contributed by atoms with Crippen LogP contribution in [0.5, 0.6) is 0 Å². The van der Waals surface area contributed by atoms with E-state index in [2.05, 4.69) is 43.5 Å². The summed E-state index contributed by atoms with van der Waals surface area (Å²) in [6, 6.07) is -0.535. The molecule has 410 valence electrons. The summed E-state index contributed by atoms with van der Waals surface area (Å²) in [6.45, 7) is 4.40. The monoisotopic (exact) mass is 970 g/mol. The number of nitrogens with one attached hydrogen (secondary N) is 1.